The van der Waals surface area contributed by atoms with E-state index in [9.17, 15) is 19.3 Å². The van der Waals surface area contributed by atoms with E-state index in [-0.39, 0.29) is 29.2 Å². The van der Waals surface area contributed by atoms with Crippen LogP contribution < -0.4 is 5.32 Å². The Kier molecular flexibility index (Phi) is 3.58. The summed E-state index contributed by atoms with van der Waals surface area (Å²) in [7, 11) is 0. The summed E-state index contributed by atoms with van der Waals surface area (Å²) in [4.78, 5) is 22.4. The van der Waals surface area contributed by atoms with Crippen LogP contribution in [0.1, 0.15) is 17.9 Å². The van der Waals surface area contributed by atoms with Crippen molar-refractivity contribution < 1.29 is 14.1 Å². The van der Waals surface area contributed by atoms with Gasteiger partial charge in [0, 0.05) is 23.7 Å². The third-order valence-electron chi connectivity index (χ3n) is 3.75. The van der Waals surface area contributed by atoms with Gasteiger partial charge in [0.15, 0.2) is 0 Å². The Bertz CT molecular complexity index is 730. The maximum Gasteiger partial charge on any atom is 0.271 e. The van der Waals surface area contributed by atoms with Crippen LogP contribution in [0.3, 0.4) is 0 Å². The predicted molar refractivity (Wildman–Crippen MR) is 79.0 cm³/mol. The smallest absolute Gasteiger partial charge is 0.271 e. The van der Waals surface area contributed by atoms with Gasteiger partial charge in [-0.25, -0.2) is 4.39 Å². The molecular formula is C16H13FN2O3. The Morgan fingerprint density at radius 1 is 1.23 bits per heavy atom. The third-order valence-corrected chi connectivity index (χ3v) is 3.75. The van der Waals surface area contributed by atoms with Crippen LogP contribution in [0.4, 0.5) is 15.8 Å². The van der Waals surface area contributed by atoms with Crippen LogP contribution in [0.15, 0.2) is 48.5 Å². The van der Waals surface area contributed by atoms with E-state index < -0.39 is 4.92 Å². The highest BCUT2D eigenvalue weighted by Crippen LogP contribution is 2.48. The molecule has 22 heavy (non-hydrogen) atoms. The molecule has 0 aromatic heterocycles. The SMILES string of the molecule is O=C(Nc1cccc([N+](=O)[O-])c1)C1CC1c1ccc(F)cc1. The van der Waals surface area contributed by atoms with Crippen LogP contribution in [-0.2, 0) is 4.79 Å². The number of halogens is 1. The zero-order valence-electron chi connectivity index (χ0n) is 11.5. The fraction of sp³-hybridized carbons (Fsp3) is 0.188. The lowest BCUT2D eigenvalue weighted by molar-refractivity contribution is -0.384. The van der Waals surface area contributed by atoms with Gasteiger partial charge in [-0.15, -0.1) is 0 Å². The third kappa shape index (κ3) is 2.95. The van der Waals surface area contributed by atoms with Crippen molar-refractivity contribution in [1.82, 2.24) is 0 Å². The molecule has 0 bridgehead atoms. The first-order valence-corrected chi connectivity index (χ1v) is 6.85. The minimum Gasteiger partial charge on any atom is -0.326 e. The second-order valence-corrected chi connectivity index (χ2v) is 5.30. The van der Waals surface area contributed by atoms with Gasteiger partial charge in [0.2, 0.25) is 5.91 Å². The Morgan fingerprint density at radius 3 is 2.64 bits per heavy atom. The van der Waals surface area contributed by atoms with Crippen molar-refractivity contribution in [3.8, 4) is 0 Å². The number of rotatable bonds is 4. The van der Waals surface area contributed by atoms with E-state index in [0.717, 1.165) is 5.56 Å². The van der Waals surface area contributed by atoms with Gasteiger partial charge in [-0.1, -0.05) is 18.2 Å². The molecule has 0 radical (unpaired) electrons. The number of carbonyl (C=O) groups excluding carboxylic acids is 1. The summed E-state index contributed by atoms with van der Waals surface area (Å²) < 4.78 is 12.9. The van der Waals surface area contributed by atoms with E-state index in [0.29, 0.717) is 12.1 Å². The van der Waals surface area contributed by atoms with Crippen molar-refractivity contribution in [2.75, 3.05) is 5.32 Å². The van der Waals surface area contributed by atoms with Crippen molar-refractivity contribution in [1.29, 1.82) is 0 Å². The quantitative estimate of drug-likeness (QED) is 0.694. The zero-order valence-corrected chi connectivity index (χ0v) is 11.5. The number of non-ortho nitro benzene ring substituents is 1. The second kappa shape index (κ2) is 5.55. The number of amides is 1. The predicted octanol–water partition coefficient (Wildman–Crippen LogP) is 3.48. The van der Waals surface area contributed by atoms with E-state index in [2.05, 4.69) is 5.32 Å². The molecule has 3 rings (SSSR count). The van der Waals surface area contributed by atoms with Crippen molar-refractivity contribution in [3.63, 3.8) is 0 Å². The highest BCUT2D eigenvalue weighted by atomic mass is 19.1. The van der Waals surface area contributed by atoms with Gasteiger partial charge in [-0.3, -0.25) is 14.9 Å². The molecular weight excluding hydrogens is 287 g/mol. The molecule has 2 aromatic rings. The molecule has 1 aliphatic carbocycles. The average Bonchev–Trinajstić information content (AvgIpc) is 3.29. The number of carbonyl (C=O) groups is 1. The van der Waals surface area contributed by atoms with E-state index in [1.807, 2.05) is 0 Å². The van der Waals surface area contributed by atoms with Gasteiger partial charge in [-0.2, -0.15) is 0 Å². The molecule has 6 heteroatoms. The van der Waals surface area contributed by atoms with Gasteiger partial charge < -0.3 is 5.32 Å². The maximum atomic E-state index is 12.9. The second-order valence-electron chi connectivity index (χ2n) is 5.30. The number of hydrogen-bond acceptors (Lipinski definition) is 3. The molecule has 2 unspecified atom stereocenters. The van der Waals surface area contributed by atoms with Gasteiger partial charge in [0.1, 0.15) is 5.82 Å². The van der Waals surface area contributed by atoms with Crippen LogP contribution in [0.5, 0.6) is 0 Å². The molecule has 0 spiro atoms. The summed E-state index contributed by atoms with van der Waals surface area (Å²) in [6, 6.07) is 12.0. The molecule has 5 nitrogen and oxygen atoms in total. The summed E-state index contributed by atoms with van der Waals surface area (Å²) in [5.74, 6) is -0.569. The fourth-order valence-electron chi connectivity index (χ4n) is 2.50. The lowest BCUT2D eigenvalue weighted by Crippen LogP contribution is -2.14. The normalized spacial score (nSPS) is 19.5. The number of anilines is 1. The zero-order chi connectivity index (χ0) is 15.7. The number of nitrogens with one attached hydrogen (secondary N) is 1. The maximum absolute atomic E-state index is 12.9. The van der Waals surface area contributed by atoms with Crippen molar-refractivity contribution in [3.05, 3.63) is 70.0 Å². The Hall–Kier alpha value is -2.76. The van der Waals surface area contributed by atoms with E-state index in [1.54, 1.807) is 18.2 Å². The lowest BCUT2D eigenvalue weighted by Gasteiger charge is -2.05. The van der Waals surface area contributed by atoms with Crippen molar-refractivity contribution >= 4 is 17.3 Å². The number of benzene rings is 2. The van der Waals surface area contributed by atoms with Gasteiger partial charge in [-0.05, 0) is 36.1 Å². The lowest BCUT2D eigenvalue weighted by atomic mass is 10.1. The molecule has 2 aromatic carbocycles. The molecule has 1 aliphatic rings. The number of hydrogen-bond donors (Lipinski definition) is 1. The Balaban J connectivity index is 1.65. The molecule has 0 saturated heterocycles. The number of nitrogens with zero attached hydrogens (tertiary/aromatic N) is 1. The van der Waals surface area contributed by atoms with Crippen LogP contribution >= 0.6 is 0 Å². The van der Waals surface area contributed by atoms with Crippen molar-refractivity contribution in [2.45, 2.75) is 12.3 Å². The highest BCUT2D eigenvalue weighted by Gasteiger charge is 2.43. The molecule has 1 saturated carbocycles. The fourth-order valence-corrected chi connectivity index (χ4v) is 2.50. The largest absolute Gasteiger partial charge is 0.326 e. The molecule has 112 valence electrons. The average molecular weight is 300 g/mol. The molecule has 1 fully saturated rings. The first-order chi connectivity index (χ1) is 10.5. The Morgan fingerprint density at radius 2 is 1.95 bits per heavy atom. The molecule has 0 aliphatic heterocycles. The minimum absolute atomic E-state index is 0.0660. The van der Waals surface area contributed by atoms with Crippen LogP contribution in [0.25, 0.3) is 0 Å². The van der Waals surface area contributed by atoms with Crippen LogP contribution in [0, 0.1) is 21.8 Å². The molecule has 1 amide bonds. The van der Waals surface area contributed by atoms with E-state index in [1.165, 1.54) is 30.3 Å². The molecule has 0 heterocycles. The summed E-state index contributed by atoms with van der Waals surface area (Å²) in [5.41, 5.74) is 1.27. The summed E-state index contributed by atoms with van der Waals surface area (Å²) in [6.45, 7) is 0. The Labute approximate surface area is 125 Å². The van der Waals surface area contributed by atoms with Gasteiger partial charge in [0.25, 0.3) is 5.69 Å². The minimum atomic E-state index is -0.506. The number of nitro groups is 1. The van der Waals surface area contributed by atoms with Gasteiger partial charge in [0.05, 0.1) is 4.92 Å². The summed E-state index contributed by atoms with van der Waals surface area (Å²) in [6.07, 6.45) is 0.701. The van der Waals surface area contributed by atoms with Gasteiger partial charge >= 0.3 is 0 Å². The van der Waals surface area contributed by atoms with E-state index in [4.69, 9.17) is 0 Å². The standard InChI is InChI=1S/C16H13FN2O3/c17-11-6-4-10(5-7-11)14-9-15(14)16(20)18-12-2-1-3-13(8-12)19(21)22/h1-8,14-15H,9H2,(H,18,20). The number of nitro benzene ring substituents is 1. The molecule has 1 N–H and O–H groups in total. The topological polar surface area (TPSA) is 72.2 Å². The van der Waals surface area contributed by atoms with Crippen LogP contribution in [0.2, 0.25) is 0 Å². The summed E-state index contributed by atoms with van der Waals surface area (Å²) >= 11 is 0. The van der Waals surface area contributed by atoms with Crippen molar-refractivity contribution in [2.24, 2.45) is 5.92 Å². The monoisotopic (exact) mass is 300 g/mol. The highest BCUT2D eigenvalue weighted by molar-refractivity contribution is 5.95. The summed E-state index contributed by atoms with van der Waals surface area (Å²) in [5, 5.41) is 13.4. The van der Waals surface area contributed by atoms with Crippen LogP contribution in [-0.4, -0.2) is 10.8 Å². The first-order valence-electron chi connectivity index (χ1n) is 6.85. The van der Waals surface area contributed by atoms with E-state index >= 15 is 0 Å². The molecule has 2 atom stereocenters. The first kappa shape index (κ1) is 14.2.